The maximum atomic E-state index is 11.8. The highest BCUT2D eigenvalue weighted by molar-refractivity contribution is 9.10. The van der Waals surface area contributed by atoms with Crippen LogP contribution in [0.5, 0.6) is 0 Å². The Morgan fingerprint density at radius 2 is 2.10 bits per heavy atom. The van der Waals surface area contributed by atoms with Crippen LogP contribution in [0.3, 0.4) is 0 Å². The summed E-state index contributed by atoms with van der Waals surface area (Å²) in [5, 5.41) is 15.9. The number of hydrogen-bond acceptors (Lipinski definition) is 4. The molecule has 2 rings (SSSR count). The second-order valence-electron chi connectivity index (χ2n) is 4.45. The molecule has 1 fully saturated rings. The largest absolute Gasteiger partial charge is 0.352 e. The molecule has 0 aromatic heterocycles. The molecule has 0 saturated heterocycles. The Morgan fingerprint density at radius 3 is 2.70 bits per heavy atom. The zero-order valence-electron chi connectivity index (χ0n) is 10.4. The molecular formula is C12H12BrN3O4. The lowest BCUT2D eigenvalue weighted by atomic mass is 10.2. The quantitative estimate of drug-likeness (QED) is 0.623. The summed E-state index contributed by atoms with van der Waals surface area (Å²) in [7, 11) is 0. The summed E-state index contributed by atoms with van der Waals surface area (Å²) >= 11 is 3.04. The molecule has 0 bridgehead atoms. The van der Waals surface area contributed by atoms with Gasteiger partial charge in [0.2, 0.25) is 5.91 Å². The first-order valence-corrected chi connectivity index (χ1v) is 6.78. The van der Waals surface area contributed by atoms with Gasteiger partial charge in [-0.2, -0.15) is 0 Å². The molecule has 0 radical (unpaired) electrons. The van der Waals surface area contributed by atoms with Crippen LogP contribution in [-0.2, 0) is 4.79 Å². The van der Waals surface area contributed by atoms with Gasteiger partial charge in [-0.3, -0.25) is 19.7 Å². The standard InChI is InChI=1S/C12H12BrN3O4/c13-9-4-1-7(5-10(9)16(19)20)12(18)14-6-11(17)15-8-2-3-8/h1,4-5,8H,2-3,6H2,(H,14,18)(H,15,17). The van der Waals surface area contributed by atoms with E-state index in [0.29, 0.717) is 4.47 Å². The number of rotatable bonds is 5. The van der Waals surface area contributed by atoms with Gasteiger partial charge in [0.1, 0.15) is 0 Å². The number of nitro benzene ring substituents is 1. The summed E-state index contributed by atoms with van der Waals surface area (Å²) in [6, 6.07) is 4.27. The molecule has 1 saturated carbocycles. The van der Waals surface area contributed by atoms with Crippen molar-refractivity contribution < 1.29 is 14.5 Å². The number of carbonyl (C=O) groups is 2. The highest BCUT2D eigenvalue weighted by atomic mass is 79.9. The van der Waals surface area contributed by atoms with Crippen molar-refractivity contribution in [3.05, 3.63) is 38.3 Å². The number of nitro groups is 1. The molecule has 1 aliphatic rings. The molecular weight excluding hydrogens is 330 g/mol. The lowest BCUT2D eigenvalue weighted by molar-refractivity contribution is -0.385. The molecule has 106 valence electrons. The van der Waals surface area contributed by atoms with Crippen molar-refractivity contribution in [2.45, 2.75) is 18.9 Å². The SMILES string of the molecule is O=C(CNC(=O)c1ccc(Br)c([N+](=O)[O-])c1)NC1CC1. The number of amides is 2. The number of hydrogen-bond donors (Lipinski definition) is 2. The minimum Gasteiger partial charge on any atom is -0.352 e. The second kappa shape index (κ2) is 6.00. The number of benzene rings is 1. The number of nitrogens with one attached hydrogen (secondary N) is 2. The highest BCUT2D eigenvalue weighted by Gasteiger charge is 2.23. The first-order valence-electron chi connectivity index (χ1n) is 5.99. The molecule has 0 aliphatic heterocycles. The fourth-order valence-corrected chi connectivity index (χ4v) is 1.95. The second-order valence-corrected chi connectivity index (χ2v) is 5.30. The molecule has 1 aliphatic carbocycles. The number of nitrogens with zero attached hydrogens (tertiary/aromatic N) is 1. The van der Waals surface area contributed by atoms with E-state index in [-0.39, 0.29) is 29.7 Å². The van der Waals surface area contributed by atoms with Gasteiger partial charge in [-0.25, -0.2) is 0 Å². The van der Waals surface area contributed by atoms with Crippen molar-refractivity contribution in [1.82, 2.24) is 10.6 Å². The van der Waals surface area contributed by atoms with E-state index in [1.807, 2.05) is 0 Å². The Morgan fingerprint density at radius 1 is 1.40 bits per heavy atom. The van der Waals surface area contributed by atoms with Crippen LogP contribution >= 0.6 is 15.9 Å². The molecule has 7 nitrogen and oxygen atoms in total. The van der Waals surface area contributed by atoms with Crippen LogP contribution in [0.15, 0.2) is 22.7 Å². The third kappa shape index (κ3) is 3.77. The Kier molecular flexibility index (Phi) is 4.33. The Bertz CT molecular complexity index is 572. The van der Waals surface area contributed by atoms with Gasteiger partial charge in [0.25, 0.3) is 11.6 Å². The lowest BCUT2D eigenvalue weighted by Crippen LogP contribution is -2.37. The Balaban J connectivity index is 1.96. The van der Waals surface area contributed by atoms with E-state index >= 15 is 0 Å². The third-order valence-corrected chi connectivity index (χ3v) is 3.43. The minimum atomic E-state index is -0.583. The summed E-state index contributed by atoms with van der Waals surface area (Å²) in [5.41, 5.74) is -0.0563. The zero-order valence-corrected chi connectivity index (χ0v) is 12.0. The van der Waals surface area contributed by atoms with Gasteiger partial charge in [0, 0.05) is 17.7 Å². The highest BCUT2D eigenvalue weighted by Crippen LogP contribution is 2.25. The summed E-state index contributed by atoms with van der Waals surface area (Å²) in [6.07, 6.45) is 1.94. The van der Waals surface area contributed by atoms with Gasteiger partial charge in [-0.1, -0.05) is 0 Å². The van der Waals surface area contributed by atoms with Crippen LogP contribution in [0.2, 0.25) is 0 Å². The normalized spacial score (nSPS) is 13.7. The minimum absolute atomic E-state index is 0.138. The van der Waals surface area contributed by atoms with Crippen LogP contribution in [-0.4, -0.2) is 29.3 Å². The summed E-state index contributed by atoms with van der Waals surface area (Å²) in [6.45, 7) is -0.140. The van der Waals surface area contributed by atoms with E-state index in [2.05, 4.69) is 26.6 Å². The maximum absolute atomic E-state index is 11.8. The molecule has 1 aromatic carbocycles. The molecule has 1 aromatic rings. The Hall–Kier alpha value is -1.96. The van der Waals surface area contributed by atoms with Gasteiger partial charge in [0.15, 0.2) is 0 Å². The van der Waals surface area contributed by atoms with Crippen LogP contribution in [0.4, 0.5) is 5.69 Å². The fraction of sp³-hybridized carbons (Fsp3) is 0.333. The summed E-state index contributed by atoms with van der Waals surface area (Å²) in [4.78, 5) is 33.4. The van der Waals surface area contributed by atoms with E-state index < -0.39 is 10.8 Å². The van der Waals surface area contributed by atoms with Crippen LogP contribution < -0.4 is 10.6 Å². The predicted octanol–water partition coefficient (Wildman–Crippen LogP) is 1.37. The Labute approximate surface area is 123 Å². The van der Waals surface area contributed by atoms with Crippen molar-refractivity contribution >= 4 is 33.4 Å². The molecule has 0 unspecified atom stereocenters. The molecule has 8 heteroatoms. The van der Waals surface area contributed by atoms with E-state index in [0.717, 1.165) is 18.9 Å². The lowest BCUT2D eigenvalue weighted by Gasteiger charge is -2.06. The number of carbonyl (C=O) groups excluding carboxylic acids is 2. The molecule has 0 spiro atoms. The fourth-order valence-electron chi connectivity index (χ4n) is 1.56. The molecule has 0 atom stereocenters. The van der Waals surface area contributed by atoms with Crippen LogP contribution in [0.25, 0.3) is 0 Å². The average molecular weight is 342 g/mol. The van der Waals surface area contributed by atoms with E-state index in [1.54, 1.807) is 0 Å². The van der Waals surface area contributed by atoms with Crippen LogP contribution in [0.1, 0.15) is 23.2 Å². The van der Waals surface area contributed by atoms with Gasteiger partial charge in [-0.15, -0.1) is 0 Å². The van der Waals surface area contributed by atoms with Crippen LogP contribution in [0, 0.1) is 10.1 Å². The zero-order chi connectivity index (χ0) is 14.7. The molecule has 0 heterocycles. The van der Waals surface area contributed by atoms with Gasteiger partial charge in [0.05, 0.1) is 15.9 Å². The monoisotopic (exact) mass is 341 g/mol. The summed E-state index contributed by atoms with van der Waals surface area (Å²) < 4.78 is 0.297. The average Bonchev–Trinajstić information content (AvgIpc) is 3.20. The van der Waals surface area contributed by atoms with E-state index in [4.69, 9.17) is 0 Å². The van der Waals surface area contributed by atoms with Gasteiger partial charge >= 0.3 is 0 Å². The topological polar surface area (TPSA) is 101 Å². The first-order chi connectivity index (χ1) is 9.47. The van der Waals surface area contributed by atoms with Crippen molar-refractivity contribution in [1.29, 1.82) is 0 Å². The van der Waals surface area contributed by atoms with Crippen molar-refractivity contribution in [2.75, 3.05) is 6.54 Å². The molecule has 2 N–H and O–H groups in total. The molecule has 2 amide bonds. The van der Waals surface area contributed by atoms with Crippen molar-refractivity contribution in [2.24, 2.45) is 0 Å². The first kappa shape index (κ1) is 14.4. The molecule has 20 heavy (non-hydrogen) atoms. The predicted molar refractivity (Wildman–Crippen MR) is 74.3 cm³/mol. The van der Waals surface area contributed by atoms with Gasteiger partial charge < -0.3 is 10.6 Å². The van der Waals surface area contributed by atoms with E-state index in [1.165, 1.54) is 12.1 Å². The smallest absolute Gasteiger partial charge is 0.284 e. The number of halogens is 1. The summed E-state index contributed by atoms with van der Waals surface area (Å²) in [5.74, 6) is -0.779. The van der Waals surface area contributed by atoms with Crippen molar-refractivity contribution in [3.8, 4) is 0 Å². The van der Waals surface area contributed by atoms with Crippen molar-refractivity contribution in [3.63, 3.8) is 0 Å². The maximum Gasteiger partial charge on any atom is 0.284 e. The van der Waals surface area contributed by atoms with Gasteiger partial charge in [-0.05, 0) is 40.9 Å². The third-order valence-electron chi connectivity index (χ3n) is 2.76. The van der Waals surface area contributed by atoms with E-state index in [9.17, 15) is 19.7 Å².